The number of hydrogen-bond acceptors (Lipinski definition) is 11. The lowest BCUT2D eigenvalue weighted by molar-refractivity contribution is -0.139. The van der Waals surface area contributed by atoms with Gasteiger partial charge in [-0.15, -0.1) is 0 Å². The van der Waals surface area contributed by atoms with Gasteiger partial charge >= 0.3 is 11.9 Å². The van der Waals surface area contributed by atoms with Crippen molar-refractivity contribution in [2.24, 2.45) is 18.4 Å². The highest BCUT2D eigenvalue weighted by atomic mass is 32.2. The first-order chi connectivity index (χ1) is 31.3. The second-order valence-electron chi connectivity index (χ2n) is 19.7. The summed E-state index contributed by atoms with van der Waals surface area (Å²) in [5.74, 6) is -1.53. The number of imidazole rings is 1. The number of anilines is 3. The van der Waals surface area contributed by atoms with E-state index in [1.54, 1.807) is 31.2 Å². The number of halogens is 4. The molecule has 1 spiro atoms. The standard InChI is InChI=1S/C47H58F4N8O6S/c1-4-46(63)15-11-30(12-16-46)40-33(47(49,50)51)26-52-43(55-40)53-34-6-5-31(23-28(34)2)66(64,65)32-24-45(25-32)17-21-57(22-18-45)27-29-13-19-58(20-14-29)35-7-8-36-41(39(35)48)56(3)44(62)59(36)37-9-10-38(60)54-42(37)61/h5-8,23,26,29-30,32,37,63H,4,9-22,24-25,27H2,1-3H3,(H,52,53,55)(H,54,60,61). The Balaban J connectivity index is 0.769. The summed E-state index contributed by atoms with van der Waals surface area (Å²) in [7, 11) is -2.14. The molecule has 3 N–H and O–H groups in total. The first kappa shape index (κ1) is 46.2. The Morgan fingerprint density at radius 3 is 2.29 bits per heavy atom. The van der Waals surface area contributed by atoms with E-state index in [9.17, 15) is 41.1 Å². The Morgan fingerprint density at radius 1 is 0.955 bits per heavy atom. The van der Waals surface area contributed by atoms with Crippen molar-refractivity contribution < 1.29 is 40.7 Å². The Morgan fingerprint density at radius 2 is 1.65 bits per heavy atom. The molecular formula is C47H58F4N8O6S. The van der Waals surface area contributed by atoms with Gasteiger partial charge in [0.25, 0.3) is 0 Å². The van der Waals surface area contributed by atoms with Crippen molar-refractivity contribution in [2.75, 3.05) is 42.9 Å². The van der Waals surface area contributed by atoms with Crippen LogP contribution in [0.15, 0.2) is 46.2 Å². The van der Waals surface area contributed by atoms with Gasteiger partial charge < -0.3 is 20.2 Å². The first-order valence-corrected chi connectivity index (χ1v) is 24.8. The fourth-order valence-corrected chi connectivity index (χ4v) is 13.5. The van der Waals surface area contributed by atoms with E-state index in [-0.39, 0.29) is 40.3 Å². The Hall–Kier alpha value is -4.88. The van der Waals surface area contributed by atoms with Gasteiger partial charge in [0.2, 0.25) is 17.8 Å². The van der Waals surface area contributed by atoms with Gasteiger partial charge in [-0.1, -0.05) is 6.92 Å². The molecule has 5 aliphatic rings. The van der Waals surface area contributed by atoms with Crippen molar-refractivity contribution in [1.29, 1.82) is 0 Å². The average molecular weight is 939 g/mol. The number of nitrogens with zero attached hydrogens (tertiary/aromatic N) is 6. The summed E-state index contributed by atoms with van der Waals surface area (Å²) in [6, 6.07) is 7.23. The number of aliphatic hydroxyl groups is 1. The fraction of sp³-hybridized carbons (Fsp3) is 0.596. The van der Waals surface area contributed by atoms with Gasteiger partial charge in [0.1, 0.15) is 11.6 Å². The monoisotopic (exact) mass is 938 g/mol. The van der Waals surface area contributed by atoms with Crippen molar-refractivity contribution in [2.45, 2.75) is 131 Å². The van der Waals surface area contributed by atoms with E-state index in [4.69, 9.17) is 0 Å². The zero-order valence-electron chi connectivity index (χ0n) is 37.6. The fourth-order valence-electron chi connectivity index (χ4n) is 11.4. The average Bonchev–Trinajstić information content (AvgIpc) is 3.53. The third-order valence-electron chi connectivity index (χ3n) is 15.7. The molecule has 3 aliphatic heterocycles. The summed E-state index contributed by atoms with van der Waals surface area (Å²) in [5, 5.41) is 15.5. The third kappa shape index (κ3) is 8.63. The molecule has 0 bridgehead atoms. The van der Waals surface area contributed by atoms with Crippen molar-refractivity contribution >= 4 is 50.0 Å². The van der Waals surface area contributed by atoms with Crippen molar-refractivity contribution in [3.8, 4) is 0 Å². The number of hydrogen-bond donors (Lipinski definition) is 3. The number of amides is 2. The lowest BCUT2D eigenvalue weighted by atomic mass is 9.63. The van der Waals surface area contributed by atoms with Crippen LogP contribution in [0.25, 0.3) is 11.0 Å². The summed E-state index contributed by atoms with van der Waals surface area (Å²) < 4.78 is 88.6. The minimum atomic E-state index is -4.64. The SMILES string of the molecule is CCC1(O)CCC(c2nc(Nc3ccc(S(=O)(=O)C4CC5(CCN(CC6CCN(c7ccc8c(c7F)n(C)c(=O)n8C7CCC(=O)NC7=O)CC6)CC5)C4)cc3C)ncc2C(F)(F)F)CC1. The van der Waals surface area contributed by atoms with Crippen LogP contribution < -0.4 is 21.2 Å². The number of benzene rings is 2. The van der Waals surface area contributed by atoms with Gasteiger partial charge in [0, 0.05) is 50.9 Å². The largest absolute Gasteiger partial charge is 0.419 e. The van der Waals surface area contributed by atoms with Crippen molar-refractivity contribution in [3.05, 3.63) is 69.7 Å². The molecule has 5 fully saturated rings. The van der Waals surface area contributed by atoms with Gasteiger partial charge in [-0.2, -0.15) is 13.2 Å². The molecule has 4 aromatic rings. The number of imide groups is 1. The molecule has 5 heterocycles. The minimum absolute atomic E-state index is 0.00761. The summed E-state index contributed by atoms with van der Waals surface area (Å²) in [4.78, 5) is 50.6. The molecule has 14 nitrogen and oxygen atoms in total. The van der Waals surface area contributed by atoms with Gasteiger partial charge in [-0.25, -0.2) is 27.6 Å². The number of rotatable bonds is 10. The molecule has 3 saturated heterocycles. The van der Waals surface area contributed by atoms with Crippen LogP contribution in [-0.4, -0.2) is 92.9 Å². The second kappa shape index (κ2) is 17.3. The molecule has 356 valence electrons. The maximum absolute atomic E-state index is 16.2. The molecule has 2 aliphatic carbocycles. The minimum Gasteiger partial charge on any atom is -0.390 e. The quantitative estimate of drug-likeness (QED) is 0.110. The normalized spacial score (nSPS) is 24.8. The van der Waals surface area contributed by atoms with Gasteiger partial charge in [0.15, 0.2) is 15.7 Å². The predicted molar refractivity (Wildman–Crippen MR) is 240 cm³/mol. The molecule has 9 rings (SSSR count). The number of likely N-dealkylation sites (tertiary alicyclic amines) is 1. The number of carbonyl (C=O) groups excluding carboxylic acids is 2. The van der Waals surface area contributed by atoms with E-state index in [1.807, 2.05) is 11.8 Å². The highest BCUT2D eigenvalue weighted by Gasteiger charge is 2.51. The van der Waals surface area contributed by atoms with E-state index in [1.165, 1.54) is 22.2 Å². The van der Waals surface area contributed by atoms with E-state index < -0.39 is 67.7 Å². The number of nitrogens with one attached hydrogen (secondary N) is 2. The van der Waals surface area contributed by atoms with Crippen LogP contribution in [0.2, 0.25) is 0 Å². The molecule has 2 amide bonds. The van der Waals surface area contributed by atoms with Crippen molar-refractivity contribution in [3.63, 3.8) is 0 Å². The summed E-state index contributed by atoms with van der Waals surface area (Å²) >= 11 is 0. The van der Waals surface area contributed by atoms with E-state index in [0.29, 0.717) is 86.4 Å². The molecule has 1 unspecified atom stereocenters. The zero-order chi connectivity index (χ0) is 46.9. The van der Waals surface area contributed by atoms with Crippen LogP contribution in [0.4, 0.5) is 34.9 Å². The topological polar surface area (TPSA) is 172 Å². The molecule has 1 atom stereocenters. The second-order valence-corrected chi connectivity index (χ2v) is 21.9. The third-order valence-corrected chi connectivity index (χ3v) is 17.8. The Kier molecular flexibility index (Phi) is 12.1. The van der Waals surface area contributed by atoms with E-state index in [2.05, 4.69) is 25.5 Å². The van der Waals surface area contributed by atoms with Gasteiger partial charge in [0.05, 0.1) is 38.2 Å². The number of carbonyl (C=O) groups is 2. The van der Waals surface area contributed by atoms with Crippen LogP contribution in [0.5, 0.6) is 0 Å². The summed E-state index contributed by atoms with van der Waals surface area (Å²) in [6.45, 7) is 7.59. The van der Waals surface area contributed by atoms with Crippen LogP contribution in [0.1, 0.15) is 119 Å². The first-order valence-electron chi connectivity index (χ1n) is 23.3. The summed E-state index contributed by atoms with van der Waals surface area (Å²) in [5.41, 5.74) is -0.435. The van der Waals surface area contributed by atoms with Gasteiger partial charge in [-0.3, -0.25) is 24.0 Å². The lowest BCUT2D eigenvalue weighted by Gasteiger charge is -2.52. The molecule has 66 heavy (non-hydrogen) atoms. The van der Waals surface area contributed by atoms with Crippen LogP contribution in [0.3, 0.4) is 0 Å². The van der Waals surface area contributed by atoms with Crippen molar-refractivity contribution in [1.82, 2.24) is 29.3 Å². The molecule has 19 heteroatoms. The number of alkyl halides is 3. The Bertz CT molecular complexity index is 2710. The molecule has 2 aromatic heterocycles. The maximum Gasteiger partial charge on any atom is 0.419 e. The number of fused-ring (bicyclic) bond motifs is 1. The number of aryl methyl sites for hydroxylation is 2. The molecular weight excluding hydrogens is 881 g/mol. The smallest absolute Gasteiger partial charge is 0.390 e. The van der Waals surface area contributed by atoms with E-state index in [0.717, 1.165) is 51.5 Å². The van der Waals surface area contributed by atoms with Crippen LogP contribution in [0, 0.1) is 24.1 Å². The van der Waals surface area contributed by atoms with Gasteiger partial charge in [-0.05, 0) is 144 Å². The molecule has 2 aromatic carbocycles. The molecule has 2 saturated carbocycles. The number of piperidine rings is 3. The lowest BCUT2D eigenvalue weighted by Crippen LogP contribution is -2.52. The predicted octanol–water partition coefficient (Wildman–Crippen LogP) is 7.05. The van der Waals surface area contributed by atoms with Crippen LogP contribution in [-0.2, 0) is 32.7 Å². The highest BCUT2D eigenvalue weighted by Crippen LogP contribution is 2.53. The summed E-state index contributed by atoms with van der Waals surface area (Å²) in [6.07, 6.45) is 3.26. The maximum atomic E-state index is 16.2. The zero-order valence-corrected chi connectivity index (χ0v) is 38.4. The molecule has 0 radical (unpaired) electrons. The number of aromatic nitrogens is 4. The van der Waals surface area contributed by atoms with E-state index >= 15 is 4.39 Å². The van der Waals surface area contributed by atoms with Crippen LogP contribution >= 0.6 is 0 Å². The highest BCUT2D eigenvalue weighted by molar-refractivity contribution is 7.92. The Labute approximate surface area is 381 Å². The number of sulfone groups is 1.